The Morgan fingerprint density at radius 2 is 1.66 bits per heavy atom. The minimum absolute atomic E-state index is 0.00882. The molecule has 0 unspecified atom stereocenters. The first-order chi connectivity index (χ1) is 15.4. The molecular formula is C27H36N2O2S. The van der Waals surface area contributed by atoms with Crippen LogP contribution in [0.2, 0.25) is 0 Å². The van der Waals surface area contributed by atoms with E-state index in [4.69, 9.17) is 0 Å². The Balaban J connectivity index is 1.63. The molecule has 1 atom stereocenters. The molecule has 3 rings (SSSR count). The molecule has 2 aromatic carbocycles. The second-order valence-electron chi connectivity index (χ2n) is 9.02. The van der Waals surface area contributed by atoms with E-state index in [2.05, 4.69) is 37.4 Å². The summed E-state index contributed by atoms with van der Waals surface area (Å²) in [5, 5.41) is 3.19. The largest absolute Gasteiger partial charge is 0.352 e. The molecule has 1 aliphatic carbocycles. The fourth-order valence-corrected chi connectivity index (χ4v) is 5.27. The van der Waals surface area contributed by atoms with Crippen molar-refractivity contribution in [2.24, 2.45) is 0 Å². The topological polar surface area (TPSA) is 49.4 Å². The van der Waals surface area contributed by atoms with Gasteiger partial charge in [-0.2, -0.15) is 0 Å². The van der Waals surface area contributed by atoms with E-state index in [-0.39, 0.29) is 17.9 Å². The lowest BCUT2D eigenvalue weighted by atomic mass is 9.95. The molecule has 1 fully saturated rings. The smallest absolute Gasteiger partial charge is 0.242 e. The van der Waals surface area contributed by atoms with E-state index in [1.54, 1.807) is 16.7 Å². The first kappa shape index (κ1) is 24.4. The van der Waals surface area contributed by atoms with Crippen molar-refractivity contribution >= 4 is 23.6 Å². The summed E-state index contributed by atoms with van der Waals surface area (Å²) >= 11 is 1.61. The molecule has 0 aromatic heterocycles. The van der Waals surface area contributed by atoms with E-state index in [0.29, 0.717) is 12.3 Å². The number of rotatable bonds is 9. The maximum atomic E-state index is 13.2. The van der Waals surface area contributed by atoms with Crippen molar-refractivity contribution in [1.82, 2.24) is 10.2 Å². The molecule has 1 saturated carbocycles. The van der Waals surface area contributed by atoms with Gasteiger partial charge in [-0.3, -0.25) is 9.59 Å². The number of carbonyl (C=O) groups excluding carboxylic acids is 2. The molecule has 1 aliphatic rings. The van der Waals surface area contributed by atoms with Gasteiger partial charge in [-0.1, -0.05) is 78.9 Å². The Morgan fingerprint density at radius 1 is 1.00 bits per heavy atom. The third-order valence-electron chi connectivity index (χ3n) is 6.09. The standard InChI is InChI=1S/C27H36N2O2S/c1-20-14-21(2)16-24(15-20)18-32-19-26(30)29(17-23-10-6-4-7-11-23)22(3)27(31)28-25-12-8-5-9-13-25/h4,6-7,10-11,14-16,22,25H,5,8-9,12-13,17-19H2,1-3H3,(H,28,31)/t22-/m0/s1. The molecule has 32 heavy (non-hydrogen) atoms. The van der Waals surface area contributed by atoms with Gasteiger partial charge in [0.2, 0.25) is 11.8 Å². The lowest BCUT2D eigenvalue weighted by Gasteiger charge is -2.31. The van der Waals surface area contributed by atoms with Crippen molar-refractivity contribution < 1.29 is 9.59 Å². The lowest BCUT2D eigenvalue weighted by Crippen LogP contribution is -2.50. The number of thioether (sulfide) groups is 1. The van der Waals surface area contributed by atoms with Crippen molar-refractivity contribution in [2.45, 2.75) is 77.3 Å². The van der Waals surface area contributed by atoms with Crippen LogP contribution < -0.4 is 5.32 Å². The van der Waals surface area contributed by atoms with E-state index in [9.17, 15) is 9.59 Å². The summed E-state index contributed by atoms with van der Waals surface area (Å²) in [5.41, 5.74) is 4.76. The zero-order valence-corrected chi connectivity index (χ0v) is 20.4. The van der Waals surface area contributed by atoms with Crippen LogP contribution in [0.4, 0.5) is 0 Å². The monoisotopic (exact) mass is 452 g/mol. The second kappa shape index (κ2) is 12.1. The van der Waals surface area contributed by atoms with Crippen LogP contribution in [0.5, 0.6) is 0 Å². The van der Waals surface area contributed by atoms with Crippen molar-refractivity contribution in [2.75, 3.05) is 5.75 Å². The van der Waals surface area contributed by atoms with E-state index >= 15 is 0 Å². The third-order valence-corrected chi connectivity index (χ3v) is 7.08. The summed E-state index contributed by atoms with van der Waals surface area (Å²) in [5.74, 6) is 1.12. The molecule has 0 saturated heterocycles. The van der Waals surface area contributed by atoms with Gasteiger partial charge >= 0.3 is 0 Å². The Bertz CT molecular complexity index is 874. The molecule has 0 heterocycles. The van der Waals surface area contributed by atoms with Crippen molar-refractivity contribution in [3.8, 4) is 0 Å². The molecule has 1 N–H and O–H groups in total. The van der Waals surface area contributed by atoms with Crippen molar-refractivity contribution in [3.63, 3.8) is 0 Å². The molecule has 4 nitrogen and oxygen atoms in total. The van der Waals surface area contributed by atoms with Gasteiger partial charge in [-0.15, -0.1) is 11.8 Å². The van der Waals surface area contributed by atoms with Gasteiger partial charge in [-0.25, -0.2) is 0 Å². The van der Waals surface area contributed by atoms with Crippen LogP contribution in [0.15, 0.2) is 48.5 Å². The number of amides is 2. The van der Waals surface area contributed by atoms with Gasteiger partial charge < -0.3 is 10.2 Å². The van der Waals surface area contributed by atoms with Crippen LogP contribution in [0.1, 0.15) is 61.3 Å². The second-order valence-corrected chi connectivity index (χ2v) is 10.0. The number of hydrogen-bond acceptors (Lipinski definition) is 3. The molecule has 0 aliphatic heterocycles. The predicted octanol–water partition coefficient (Wildman–Crippen LogP) is 5.40. The predicted molar refractivity (Wildman–Crippen MR) is 134 cm³/mol. The highest BCUT2D eigenvalue weighted by atomic mass is 32.2. The summed E-state index contributed by atoms with van der Waals surface area (Å²) in [6, 6.07) is 16.2. The van der Waals surface area contributed by atoms with Gasteiger partial charge in [0.05, 0.1) is 5.75 Å². The molecule has 172 valence electrons. The first-order valence-corrected chi connectivity index (χ1v) is 12.9. The Hall–Kier alpha value is -2.27. The van der Waals surface area contributed by atoms with E-state index < -0.39 is 6.04 Å². The van der Waals surface area contributed by atoms with Crippen molar-refractivity contribution in [3.05, 3.63) is 70.8 Å². The highest BCUT2D eigenvalue weighted by molar-refractivity contribution is 7.99. The highest BCUT2D eigenvalue weighted by Gasteiger charge is 2.28. The van der Waals surface area contributed by atoms with E-state index in [1.165, 1.54) is 36.0 Å². The number of hydrogen-bond donors (Lipinski definition) is 1. The number of nitrogens with zero attached hydrogens (tertiary/aromatic N) is 1. The number of carbonyl (C=O) groups is 2. The summed E-state index contributed by atoms with van der Waals surface area (Å²) in [7, 11) is 0. The van der Waals surface area contributed by atoms with Gasteiger partial charge in [0, 0.05) is 18.3 Å². The molecular weight excluding hydrogens is 416 g/mol. The Labute approximate surface area is 197 Å². The zero-order valence-electron chi connectivity index (χ0n) is 19.6. The zero-order chi connectivity index (χ0) is 22.9. The Kier molecular flexibility index (Phi) is 9.22. The minimum atomic E-state index is -0.494. The van der Waals surface area contributed by atoms with Crippen LogP contribution in [-0.4, -0.2) is 34.6 Å². The average Bonchev–Trinajstić information content (AvgIpc) is 2.77. The molecule has 0 bridgehead atoms. The average molecular weight is 453 g/mol. The van der Waals surface area contributed by atoms with Crippen molar-refractivity contribution in [1.29, 1.82) is 0 Å². The summed E-state index contributed by atoms with van der Waals surface area (Å²) < 4.78 is 0. The fourth-order valence-electron chi connectivity index (χ4n) is 4.42. The third kappa shape index (κ3) is 7.40. The van der Waals surface area contributed by atoms with Crippen LogP contribution in [-0.2, 0) is 21.9 Å². The van der Waals surface area contributed by atoms with E-state index in [0.717, 1.165) is 24.2 Å². The lowest BCUT2D eigenvalue weighted by molar-refractivity contribution is -0.139. The van der Waals surface area contributed by atoms with Crippen LogP contribution in [0.25, 0.3) is 0 Å². The van der Waals surface area contributed by atoms with Gasteiger partial charge in [0.15, 0.2) is 0 Å². The fraction of sp³-hybridized carbons (Fsp3) is 0.481. The molecule has 2 aromatic rings. The number of aryl methyl sites for hydroxylation is 2. The van der Waals surface area contributed by atoms with Gasteiger partial charge in [0.1, 0.15) is 6.04 Å². The molecule has 5 heteroatoms. The van der Waals surface area contributed by atoms with Crippen LogP contribution in [0.3, 0.4) is 0 Å². The normalized spacial score (nSPS) is 15.2. The van der Waals surface area contributed by atoms with Crippen LogP contribution >= 0.6 is 11.8 Å². The highest BCUT2D eigenvalue weighted by Crippen LogP contribution is 2.20. The minimum Gasteiger partial charge on any atom is -0.352 e. The quantitative estimate of drug-likeness (QED) is 0.554. The molecule has 0 spiro atoms. The summed E-state index contributed by atoms with van der Waals surface area (Å²) in [6.07, 6.45) is 5.66. The van der Waals surface area contributed by atoms with Crippen LogP contribution in [0, 0.1) is 13.8 Å². The summed E-state index contributed by atoms with van der Waals surface area (Å²) in [6.45, 7) is 6.50. The Morgan fingerprint density at radius 3 is 2.31 bits per heavy atom. The van der Waals surface area contributed by atoms with E-state index in [1.807, 2.05) is 37.3 Å². The van der Waals surface area contributed by atoms with Gasteiger partial charge in [0.25, 0.3) is 0 Å². The number of benzene rings is 2. The maximum absolute atomic E-state index is 13.2. The number of nitrogens with one attached hydrogen (secondary N) is 1. The van der Waals surface area contributed by atoms with Gasteiger partial charge in [-0.05, 0) is 44.7 Å². The molecule has 0 radical (unpaired) electrons. The SMILES string of the molecule is Cc1cc(C)cc(CSCC(=O)N(Cc2ccccc2)[C@@H](C)C(=O)NC2CCCCC2)c1. The summed E-state index contributed by atoms with van der Waals surface area (Å²) in [4.78, 5) is 28.0. The maximum Gasteiger partial charge on any atom is 0.242 e. The molecule has 2 amide bonds. The first-order valence-electron chi connectivity index (χ1n) is 11.7.